The summed E-state index contributed by atoms with van der Waals surface area (Å²) in [5.41, 5.74) is 1.17. The van der Waals surface area contributed by atoms with Crippen LogP contribution in [0.4, 0.5) is 0 Å². The number of rotatable bonds is 6. The molecule has 0 atom stereocenters. The molecule has 0 unspecified atom stereocenters. The van der Waals surface area contributed by atoms with Crippen LogP contribution in [0.25, 0.3) is 0 Å². The molecule has 7 nitrogen and oxygen atoms in total. The van der Waals surface area contributed by atoms with Crippen LogP contribution in [-0.2, 0) is 19.6 Å². The summed E-state index contributed by atoms with van der Waals surface area (Å²) in [7, 11) is 0. The minimum Gasteiger partial charge on any atom is -0.304 e. The number of nitrogens with zero attached hydrogens (tertiary/aromatic N) is 5. The first-order chi connectivity index (χ1) is 7.90. The van der Waals surface area contributed by atoms with Crippen molar-refractivity contribution in [3.8, 4) is 0 Å². The van der Waals surface area contributed by atoms with Gasteiger partial charge in [0.15, 0.2) is 5.82 Å². The Bertz CT molecular complexity index is 405. The van der Waals surface area contributed by atoms with Crippen LogP contribution in [0.1, 0.15) is 24.9 Å². The van der Waals surface area contributed by atoms with Gasteiger partial charge in [-0.2, -0.15) is 10.3 Å². The highest BCUT2D eigenvalue weighted by Crippen LogP contribution is 2.00. The highest BCUT2D eigenvalue weighted by atomic mass is 15.5. The van der Waals surface area contributed by atoms with Crippen molar-refractivity contribution in [3.63, 3.8) is 0 Å². The van der Waals surface area contributed by atoms with Gasteiger partial charge in [-0.15, -0.1) is 10.2 Å². The highest BCUT2D eigenvalue weighted by Gasteiger charge is 2.02. The zero-order chi connectivity index (χ0) is 11.2. The zero-order valence-corrected chi connectivity index (χ0v) is 9.22. The Kier molecular flexibility index (Phi) is 3.60. The van der Waals surface area contributed by atoms with Gasteiger partial charge in [0.05, 0.1) is 12.2 Å². The summed E-state index contributed by atoms with van der Waals surface area (Å²) >= 11 is 0. The lowest BCUT2D eigenvalue weighted by atomic mass is 10.4. The molecule has 0 saturated carbocycles. The SMILES string of the molecule is CCCn1nccc1CNCc1nn[nH]n1. The molecule has 0 aliphatic heterocycles. The van der Waals surface area contributed by atoms with Crippen molar-refractivity contribution in [2.45, 2.75) is 33.0 Å². The van der Waals surface area contributed by atoms with E-state index in [2.05, 4.69) is 38.0 Å². The van der Waals surface area contributed by atoms with E-state index < -0.39 is 0 Å². The maximum Gasteiger partial charge on any atom is 0.188 e. The van der Waals surface area contributed by atoms with Gasteiger partial charge in [0, 0.05) is 19.3 Å². The van der Waals surface area contributed by atoms with Crippen LogP contribution in [0.15, 0.2) is 12.3 Å². The van der Waals surface area contributed by atoms with E-state index in [0.717, 1.165) is 19.5 Å². The molecule has 2 aromatic heterocycles. The Morgan fingerprint density at radius 1 is 1.44 bits per heavy atom. The maximum atomic E-state index is 4.25. The van der Waals surface area contributed by atoms with E-state index in [-0.39, 0.29) is 0 Å². The van der Waals surface area contributed by atoms with E-state index in [9.17, 15) is 0 Å². The van der Waals surface area contributed by atoms with Gasteiger partial charge in [-0.3, -0.25) is 4.68 Å². The summed E-state index contributed by atoms with van der Waals surface area (Å²) in [6.45, 7) is 4.45. The summed E-state index contributed by atoms with van der Waals surface area (Å²) < 4.78 is 2.00. The highest BCUT2D eigenvalue weighted by molar-refractivity contribution is 5.00. The summed E-state index contributed by atoms with van der Waals surface area (Å²) in [6.07, 6.45) is 2.90. The fraction of sp³-hybridized carbons (Fsp3) is 0.556. The van der Waals surface area contributed by atoms with Crippen LogP contribution in [0, 0.1) is 0 Å². The molecule has 0 radical (unpaired) electrons. The maximum absolute atomic E-state index is 4.25. The first-order valence-corrected chi connectivity index (χ1v) is 5.34. The van der Waals surface area contributed by atoms with Gasteiger partial charge < -0.3 is 5.32 Å². The van der Waals surface area contributed by atoms with E-state index in [1.54, 1.807) is 0 Å². The minimum absolute atomic E-state index is 0.605. The summed E-state index contributed by atoms with van der Waals surface area (Å²) in [6, 6.07) is 2.01. The third kappa shape index (κ3) is 2.63. The van der Waals surface area contributed by atoms with Crippen LogP contribution in [0.2, 0.25) is 0 Å². The number of aromatic nitrogens is 6. The van der Waals surface area contributed by atoms with E-state index in [4.69, 9.17) is 0 Å². The van der Waals surface area contributed by atoms with Crippen molar-refractivity contribution >= 4 is 0 Å². The molecule has 2 aromatic rings. The number of H-pyrrole nitrogens is 1. The number of nitrogens with one attached hydrogen (secondary N) is 2. The van der Waals surface area contributed by atoms with Gasteiger partial charge in [-0.25, -0.2) is 0 Å². The molecule has 86 valence electrons. The number of tetrazole rings is 1. The first-order valence-electron chi connectivity index (χ1n) is 5.34. The van der Waals surface area contributed by atoms with E-state index in [1.165, 1.54) is 5.69 Å². The lowest BCUT2D eigenvalue weighted by Gasteiger charge is -2.06. The van der Waals surface area contributed by atoms with Crippen LogP contribution in [0.3, 0.4) is 0 Å². The monoisotopic (exact) mass is 221 g/mol. The Balaban J connectivity index is 1.82. The normalized spacial score (nSPS) is 10.8. The van der Waals surface area contributed by atoms with Gasteiger partial charge >= 0.3 is 0 Å². The second kappa shape index (κ2) is 5.36. The summed E-state index contributed by atoms with van der Waals surface area (Å²) in [5, 5.41) is 21.1. The number of hydrogen-bond acceptors (Lipinski definition) is 5. The third-order valence-corrected chi connectivity index (χ3v) is 2.22. The van der Waals surface area contributed by atoms with Crippen LogP contribution in [-0.4, -0.2) is 30.4 Å². The van der Waals surface area contributed by atoms with Crippen molar-refractivity contribution < 1.29 is 0 Å². The van der Waals surface area contributed by atoms with Crippen LogP contribution < -0.4 is 5.32 Å². The average Bonchev–Trinajstić information content (AvgIpc) is 2.91. The lowest BCUT2D eigenvalue weighted by Crippen LogP contribution is -2.17. The Hall–Kier alpha value is -1.76. The second-order valence-corrected chi connectivity index (χ2v) is 3.48. The molecule has 0 aromatic carbocycles. The van der Waals surface area contributed by atoms with Crippen molar-refractivity contribution in [2.24, 2.45) is 0 Å². The van der Waals surface area contributed by atoms with Crippen LogP contribution >= 0.6 is 0 Å². The van der Waals surface area contributed by atoms with Crippen molar-refractivity contribution in [2.75, 3.05) is 0 Å². The zero-order valence-electron chi connectivity index (χ0n) is 9.22. The Morgan fingerprint density at radius 3 is 3.12 bits per heavy atom. The van der Waals surface area contributed by atoms with Gasteiger partial charge in [-0.05, 0) is 12.5 Å². The topological polar surface area (TPSA) is 84.3 Å². The molecule has 0 aliphatic rings. The van der Waals surface area contributed by atoms with E-state index in [1.807, 2.05) is 16.9 Å². The smallest absolute Gasteiger partial charge is 0.188 e. The van der Waals surface area contributed by atoms with Gasteiger partial charge in [0.2, 0.25) is 0 Å². The molecular weight excluding hydrogens is 206 g/mol. The quantitative estimate of drug-likeness (QED) is 0.722. The van der Waals surface area contributed by atoms with Crippen LogP contribution in [0.5, 0.6) is 0 Å². The van der Waals surface area contributed by atoms with Crippen molar-refractivity contribution in [1.82, 2.24) is 35.7 Å². The summed E-state index contributed by atoms with van der Waals surface area (Å²) in [5.74, 6) is 0.668. The second-order valence-electron chi connectivity index (χ2n) is 3.48. The van der Waals surface area contributed by atoms with Gasteiger partial charge in [0.1, 0.15) is 0 Å². The fourth-order valence-corrected chi connectivity index (χ4v) is 1.48. The van der Waals surface area contributed by atoms with Gasteiger partial charge in [0.25, 0.3) is 0 Å². The lowest BCUT2D eigenvalue weighted by molar-refractivity contribution is 0.545. The molecule has 7 heteroatoms. The molecule has 2 heterocycles. The van der Waals surface area contributed by atoms with Gasteiger partial charge in [-0.1, -0.05) is 12.1 Å². The van der Waals surface area contributed by atoms with E-state index >= 15 is 0 Å². The molecule has 0 spiro atoms. The molecular formula is C9H15N7. The minimum atomic E-state index is 0.605. The summed E-state index contributed by atoms with van der Waals surface area (Å²) in [4.78, 5) is 0. The predicted molar refractivity (Wildman–Crippen MR) is 57.2 cm³/mol. The predicted octanol–water partition coefficient (Wildman–Crippen LogP) is 0.0960. The largest absolute Gasteiger partial charge is 0.304 e. The van der Waals surface area contributed by atoms with Crippen molar-refractivity contribution in [3.05, 3.63) is 23.8 Å². The van der Waals surface area contributed by atoms with Crippen molar-refractivity contribution in [1.29, 1.82) is 0 Å². The number of aromatic amines is 1. The van der Waals surface area contributed by atoms with E-state index in [0.29, 0.717) is 12.4 Å². The fourth-order valence-electron chi connectivity index (χ4n) is 1.48. The molecule has 0 fully saturated rings. The molecule has 0 bridgehead atoms. The Labute approximate surface area is 93.2 Å². The standard InChI is InChI=1S/C9H15N7/c1-2-5-16-8(3-4-11-16)6-10-7-9-12-14-15-13-9/h3-4,10H,2,5-7H2,1H3,(H,12,13,14,15). The average molecular weight is 221 g/mol. The third-order valence-electron chi connectivity index (χ3n) is 2.22. The molecule has 0 saturated heterocycles. The Morgan fingerprint density at radius 2 is 2.38 bits per heavy atom. The molecule has 2 N–H and O–H groups in total. The molecule has 0 aliphatic carbocycles. The molecule has 16 heavy (non-hydrogen) atoms. The molecule has 2 rings (SSSR count). The number of aryl methyl sites for hydroxylation is 1. The molecule has 0 amide bonds. The number of hydrogen-bond donors (Lipinski definition) is 2. The first kappa shape index (κ1) is 10.7.